The summed E-state index contributed by atoms with van der Waals surface area (Å²) in [5.41, 5.74) is 0.254. The Morgan fingerprint density at radius 3 is 2.34 bits per heavy atom. The topological polar surface area (TPSA) is 105 Å². The fourth-order valence-electron chi connectivity index (χ4n) is 3.66. The summed E-state index contributed by atoms with van der Waals surface area (Å²) < 4.78 is 0.965. The number of nitrogens with zero attached hydrogens (tertiary/aromatic N) is 4. The molecule has 0 fully saturated rings. The molecule has 0 aliphatic heterocycles. The summed E-state index contributed by atoms with van der Waals surface area (Å²) >= 11 is 0. The van der Waals surface area contributed by atoms with Gasteiger partial charge in [-0.05, 0) is 18.6 Å². The van der Waals surface area contributed by atoms with Crippen LogP contribution in [0.3, 0.4) is 0 Å². The van der Waals surface area contributed by atoms with Crippen molar-refractivity contribution in [1.29, 1.82) is 0 Å². The van der Waals surface area contributed by atoms with E-state index in [-0.39, 0.29) is 57.4 Å². The lowest BCUT2D eigenvalue weighted by Gasteiger charge is -2.18. The van der Waals surface area contributed by atoms with Gasteiger partial charge in [-0.25, -0.2) is 4.85 Å². The number of pyridine rings is 1. The summed E-state index contributed by atoms with van der Waals surface area (Å²) in [6.07, 6.45) is 1.40. The van der Waals surface area contributed by atoms with E-state index in [4.69, 9.17) is 6.57 Å². The van der Waals surface area contributed by atoms with Crippen molar-refractivity contribution in [3.05, 3.63) is 105 Å². The second kappa shape index (κ2) is 7.89. The summed E-state index contributed by atoms with van der Waals surface area (Å²) in [6, 6.07) is 11.2. The highest BCUT2D eigenvalue weighted by molar-refractivity contribution is 6.29. The zero-order chi connectivity index (χ0) is 23.0. The molecule has 4 rings (SSSR count). The lowest BCUT2D eigenvalue weighted by Crippen LogP contribution is -2.21. The van der Waals surface area contributed by atoms with Crippen LogP contribution >= 0.6 is 0 Å². The van der Waals surface area contributed by atoms with Gasteiger partial charge in [0.2, 0.25) is 5.69 Å². The van der Waals surface area contributed by atoms with E-state index in [0.29, 0.717) is 5.56 Å². The molecule has 156 valence electrons. The number of azo groups is 1. The fourth-order valence-corrected chi connectivity index (χ4v) is 3.66. The molecule has 8 nitrogen and oxygen atoms in total. The standard InChI is InChI=1S/C24H16N4O4/c1-4-12-28-23(31)19(25-3)13(2)20(24(28)32)27-26-17-11-7-10-16-18(17)22(30)15-9-6-5-8-14(15)21(16)29/h4-11,31H,1,12H2,2H3. The number of hydrogen-bond donors (Lipinski definition) is 1. The van der Waals surface area contributed by atoms with Crippen molar-refractivity contribution >= 4 is 28.6 Å². The Morgan fingerprint density at radius 2 is 1.69 bits per heavy atom. The smallest absolute Gasteiger partial charge is 0.279 e. The Morgan fingerprint density at radius 1 is 1.03 bits per heavy atom. The van der Waals surface area contributed by atoms with Gasteiger partial charge in [-0.1, -0.05) is 42.5 Å². The van der Waals surface area contributed by atoms with E-state index in [2.05, 4.69) is 21.7 Å². The summed E-state index contributed by atoms with van der Waals surface area (Å²) in [4.78, 5) is 42.1. The largest absolute Gasteiger partial charge is 0.503 e. The van der Waals surface area contributed by atoms with E-state index < -0.39 is 11.4 Å². The number of benzene rings is 2. The molecule has 1 N–H and O–H groups in total. The van der Waals surface area contributed by atoms with Crippen molar-refractivity contribution in [3.63, 3.8) is 0 Å². The molecule has 2 aromatic carbocycles. The number of rotatable bonds is 4. The first-order valence-electron chi connectivity index (χ1n) is 9.58. The second-order valence-electron chi connectivity index (χ2n) is 7.07. The third-order valence-electron chi connectivity index (χ3n) is 5.24. The van der Waals surface area contributed by atoms with Gasteiger partial charge in [-0.3, -0.25) is 19.0 Å². The Labute approximate surface area is 182 Å². The van der Waals surface area contributed by atoms with Crippen molar-refractivity contribution < 1.29 is 14.7 Å². The highest BCUT2D eigenvalue weighted by Gasteiger charge is 2.31. The number of carbonyl (C=O) groups is 2. The predicted octanol–water partition coefficient (Wildman–Crippen LogP) is 4.79. The number of aromatic nitrogens is 1. The maximum absolute atomic E-state index is 13.1. The summed E-state index contributed by atoms with van der Waals surface area (Å²) in [5.74, 6) is -1.13. The van der Waals surface area contributed by atoms with E-state index in [1.54, 1.807) is 36.4 Å². The van der Waals surface area contributed by atoms with Gasteiger partial charge in [0.15, 0.2) is 17.4 Å². The van der Waals surface area contributed by atoms with Crippen LogP contribution in [0.15, 0.2) is 70.1 Å². The van der Waals surface area contributed by atoms with Crippen LogP contribution in [0, 0.1) is 13.5 Å². The van der Waals surface area contributed by atoms with E-state index in [1.165, 1.54) is 19.1 Å². The van der Waals surface area contributed by atoms with Gasteiger partial charge in [0, 0.05) is 23.2 Å². The molecule has 0 amide bonds. The van der Waals surface area contributed by atoms with Crippen LogP contribution in [-0.4, -0.2) is 21.2 Å². The van der Waals surface area contributed by atoms with Gasteiger partial charge < -0.3 is 5.11 Å². The third kappa shape index (κ3) is 3.04. The Balaban J connectivity index is 1.89. The van der Waals surface area contributed by atoms with Crippen LogP contribution in [0.4, 0.5) is 17.1 Å². The van der Waals surface area contributed by atoms with Crippen LogP contribution in [0.2, 0.25) is 0 Å². The number of ketones is 2. The van der Waals surface area contributed by atoms with Gasteiger partial charge in [0.25, 0.3) is 5.56 Å². The fraction of sp³-hybridized carbons (Fsp3) is 0.0833. The average Bonchev–Trinajstić information content (AvgIpc) is 2.80. The molecule has 0 atom stereocenters. The summed E-state index contributed by atoms with van der Waals surface area (Å²) in [5, 5.41) is 18.4. The molecule has 0 saturated carbocycles. The number of carbonyl (C=O) groups excluding carboxylic acids is 2. The first-order chi connectivity index (χ1) is 15.4. The molecule has 0 unspecified atom stereocenters. The Hall–Kier alpha value is -4.64. The van der Waals surface area contributed by atoms with Crippen LogP contribution in [0.1, 0.15) is 37.4 Å². The van der Waals surface area contributed by atoms with Crippen molar-refractivity contribution in [2.75, 3.05) is 0 Å². The molecule has 3 aromatic rings. The van der Waals surface area contributed by atoms with Gasteiger partial charge in [0.1, 0.15) is 5.69 Å². The number of aromatic hydroxyl groups is 1. The van der Waals surface area contributed by atoms with Crippen LogP contribution in [0.25, 0.3) is 4.85 Å². The molecule has 1 aliphatic rings. The van der Waals surface area contributed by atoms with E-state index in [1.807, 2.05) is 0 Å². The minimum atomic E-state index is -0.659. The third-order valence-corrected chi connectivity index (χ3v) is 5.24. The van der Waals surface area contributed by atoms with Gasteiger partial charge in [0.05, 0.1) is 17.8 Å². The quantitative estimate of drug-likeness (QED) is 0.289. The molecular formula is C24H16N4O4. The monoisotopic (exact) mass is 424 g/mol. The highest BCUT2D eigenvalue weighted by Crippen LogP contribution is 2.36. The zero-order valence-corrected chi connectivity index (χ0v) is 17.0. The number of fused-ring (bicyclic) bond motifs is 2. The maximum atomic E-state index is 13.1. The molecule has 1 aliphatic carbocycles. The normalized spacial score (nSPS) is 12.4. The molecule has 0 spiro atoms. The molecule has 0 saturated heterocycles. The average molecular weight is 424 g/mol. The second-order valence-corrected chi connectivity index (χ2v) is 7.07. The van der Waals surface area contributed by atoms with Crippen LogP contribution in [-0.2, 0) is 6.54 Å². The first kappa shape index (κ1) is 20.6. The Kier molecular flexibility index (Phi) is 5.08. The van der Waals surface area contributed by atoms with Crippen molar-refractivity contribution in [1.82, 2.24) is 4.57 Å². The van der Waals surface area contributed by atoms with Crippen molar-refractivity contribution in [2.45, 2.75) is 13.5 Å². The summed E-state index contributed by atoms with van der Waals surface area (Å²) in [6.45, 7) is 12.3. The number of hydrogen-bond acceptors (Lipinski definition) is 6. The SMILES string of the molecule is [C-]#[N+]c1c(C)c(N=Nc2cccc3c2C(=O)c2ccccc2C3=O)c(=O)n(CC=C)c1O. The van der Waals surface area contributed by atoms with Crippen LogP contribution < -0.4 is 5.56 Å². The van der Waals surface area contributed by atoms with Crippen molar-refractivity contribution in [3.8, 4) is 5.88 Å². The van der Waals surface area contributed by atoms with E-state index in [9.17, 15) is 19.5 Å². The number of allylic oxidation sites excluding steroid dienone is 1. The minimum absolute atomic E-state index is 0.0273. The van der Waals surface area contributed by atoms with Crippen LogP contribution in [0.5, 0.6) is 5.88 Å². The van der Waals surface area contributed by atoms with E-state index >= 15 is 0 Å². The molecule has 0 radical (unpaired) electrons. The van der Waals surface area contributed by atoms with E-state index in [0.717, 1.165) is 4.57 Å². The molecule has 1 heterocycles. The molecular weight excluding hydrogens is 408 g/mol. The van der Waals surface area contributed by atoms with Crippen molar-refractivity contribution in [2.24, 2.45) is 10.2 Å². The molecule has 32 heavy (non-hydrogen) atoms. The Bertz CT molecular complexity index is 1460. The molecule has 8 heteroatoms. The molecule has 0 bridgehead atoms. The first-order valence-corrected chi connectivity index (χ1v) is 9.58. The lowest BCUT2D eigenvalue weighted by atomic mass is 9.83. The van der Waals surface area contributed by atoms with Gasteiger partial charge in [-0.15, -0.1) is 16.8 Å². The predicted molar refractivity (Wildman–Crippen MR) is 117 cm³/mol. The lowest BCUT2D eigenvalue weighted by molar-refractivity contribution is 0.0979. The van der Waals surface area contributed by atoms with Gasteiger partial charge >= 0.3 is 0 Å². The zero-order valence-electron chi connectivity index (χ0n) is 17.0. The minimum Gasteiger partial charge on any atom is -0.503 e. The maximum Gasteiger partial charge on any atom is 0.279 e. The van der Waals surface area contributed by atoms with Gasteiger partial charge in [-0.2, -0.15) is 0 Å². The highest BCUT2D eigenvalue weighted by atomic mass is 16.3. The molecule has 1 aromatic heterocycles. The summed E-state index contributed by atoms with van der Waals surface area (Å²) in [7, 11) is 0.